The summed E-state index contributed by atoms with van der Waals surface area (Å²) in [6.07, 6.45) is 6.59. The van der Waals surface area contributed by atoms with Crippen LogP contribution in [0.2, 0.25) is 0 Å². The second kappa shape index (κ2) is 6.36. The summed E-state index contributed by atoms with van der Waals surface area (Å²) in [5.74, 6) is 0.243. The molecule has 0 unspecified atom stereocenters. The van der Waals surface area contributed by atoms with E-state index in [0.29, 0.717) is 6.42 Å². The fraction of sp³-hybridized carbons (Fsp3) is 0.150. The monoisotopic (exact) mass is 274 g/mol. The van der Waals surface area contributed by atoms with Gasteiger partial charge in [0.15, 0.2) is 5.78 Å². The Hall–Kier alpha value is -2.41. The van der Waals surface area contributed by atoms with E-state index in [1.807, 2.05) is 36.4 Å². The Balaban J connectivity index is 2.07. The highest BCUT2D eigenvalue weighted by Gasteiger charge is 2.11. The van der Waals surface area contributed by atoms with Gasteiger partial charge in [-0.2, -0.15) is 0 Å². The van der Waals surface area contributed by atoms with Crippen molar-refractivity contribution in [3.8, 4) is 0 Å². The standard InChI is InChI=1S/C20H18O/c21-19-13-7-8-16(14-19)15-20(17-9-3-1-4-10-17)18-11-5-2-6-12-18/h1-6,9-12,14-15H,7-8,13H2. The molecule has 104 valence electrons. The number of allylic oxidation sites excluding steroid dienone is 3. The van der Waals surface area contributed by atoms with E-state index < -0.39 is 0 Å². The molecule has 0 saturated carbocycles. The molecular weight excluding hydrogens is 256 g/mol. The largest absolute Gasteiger partial charge is 0.295 e. The lowest BCUT2D eigenvalue weighted by molar-refractivity contribution is -0.115. The molecule has 0 bridgehead atoms. The molecule has 0 saturated heterocycles. The van der Waals surface area contributed by atoms with Crippen LogP contribution in [0.15, 0.2) is 78.4 Å². The molecule has 0 heterocycles. The second-order valence-electron chi connectivity index (χ2n) is 5.33. The smallest absolute Gasteiger partial charge is 0.155 e. The van der Waals surface area contributed by atoms with Crippen LogP contribution in [0.1, 0.15) is 30.4 Å². The number of rotatable bonds is 3. The van der Waals surface area contributed by atoms with Gasteiger partial charge in [0.05, 0.1) is 0 Å². The van der Waals surface area contributed by atoms with Crippen molar-refractivity contribution in [1.29, 1.82) is 0 Å². The van der Waals surface area contributed by atoms with Crippen molar-refractivity contribution in [3.05, 3.63) is 89.5 Å². The molecule has 1 aliphatic rings. The number of carbonyl (C=O) groups is 1. The van der Waals surface area contributed by atoms with Gasteiger partial charge in [0.2, 0.25) is 0 Å². The van der Waals surface area contributed by atoms with Crippen LogP contribution >= 0.6 is 0 Å². The van der Waals surface area contributed by atoms with E-state index in [2.05, 4.69) is 30.3 Å². The van der Waals surface area contributed by atoms with E-state index >= 15 is 0 Å². The van der Waals surface area contributed by atoms with Crippen molar-refractivity contribution in [3.63, 3.8) is 0 Å². The van der Waals surface area contributed by atoms with E-state index in [-0.39, 0.29) is 5.78 Å². The van der Waals surface area contributed by atoms with E-state index in [9.17, 15) is 4.79 Å². The Morgan fingerprint density at radius 3 is 1.90 bits per heavy atom. The predicted octanol–water partition coefficient (Wildman–Crippen LogP) is 4.80. The van der Waals surface area contributed by atoms with Gasteiger partial charge in [-0.1, -0.05) is 66.7 Å². The lowest BCUT2D eigenvalue weighted by Crippen LogP contribution is -2.01. The highest BCUT2D eigenvalue weighted by molar-refractivity contribution is 5.92. The molecule has 21 heavy (non-hydrogen) atoms. The Kier molecular flexibility index (Phi) is 4.11. The van der Waals surface area contributed by atoms with Gasteiger partial charge in [-0.15, -0.1) is 0 Å². The average molecular weight is 274 g/mol. The van der Waals surface area contributed by atoms with Gasteiger partial charge < -0.3 is 0 Å². The Bertz CT molecular complexity index is 637. The number of hydrogen-bond donors (Lipinski definition) is 0. The van der Waals surface area contributed by atoms with Crippen LogP contribution in [0.3, 0.4) is 0 Å². The number of carbonyl (C=O) groups excluding carboxylic acids is 1. The van der Waals surface area contributed by atoms with E-state index in [1.54, 1.807) is 6.08 Å². The van der Waals surface area contributed by atoms with Crippen LogP contribution in [-0.4, -0.2) is 5.78 Å². The van der Waals surface area contributed by atoms with Gasteiger partial charge in [0.25, 0.3) is 0 Å². The molecule has 2 aromatic carbocycles. The summed E-state index contributed by atoms with van der Waals surface area (Å²) in [5, 5.41) is 0. The van der Waals surface area contributed by atoms with Crippen molar-refractivity contribution >= 4 is 11.4 Å². The Morgan fingerprint density at radius 2 is 1.38 bits per heavy atom. The topological polar surface area (TPSA) is 17.1 Å². The molecule has 0 amide bonds. The number of ketones is 1. The van der Waals surface area contributed by atoms with Gasteiger partial charge in [-0.05, 0) is 41.2 Å². The van der Waals surface area contributed by atoms with Crippen LogP contribution in [0.4, 0.5) is 0 Å². The molecule has 1 aliphatic carbocycles. The third kappa shape index (κ3) is 3.38. The molecule has 0 N–H and O–H groups in total. The maximum absolute atomic E-state index is 11.6. The van der Waals surface area contributed by atoms with Gasteiger partial charge in [-0.25, -0.2) is 0 Å². The molecule has 0 atom stereocenters. The number of benzene rings is 2. The predicted molar refractivity (Wildman–Crippen MR) is 86.9 cm³/mol. The second-order valence-corrected chi connectivity index (χ2v) is 5.33. The van der Waals surface area contributed by atoms with E-state index in [0.717, 1.165) is 18.4 Å². The highest BCUT2D eigenvalue weighted by atomic mass is 16.1. The summed E-state index contributed by atoms with van der Waals surface area (Å²) < 4.78 is 0. The first-order chi connectivity index (χ1) is 10.3. The maximum Gasteiger partial charge on any atom is 0.155 e. The molecular formula is C20H18O. The molecule has 0 spiro atoms. The maximum atomic E-state index is 11.6. The van der Waals surface area contributed by atoms with Crippen molar-refractivity contribution < 1.29 is 4.79 Å². The first kappa shape index (κ1) is 13.6. The van der Waals surface area contributed by atoms with Crippen LogP contribution in [0.25, 0.3) is 5.57 Å². The van der Waals surface area contributed by atoms with Crippen LogP contribution in [-0.2, 0) is 4.79 Å². The molecule has 0 radical (unpaired) electrons. The third-order valence-corrected chi connectivity index (χ3v) is 3.73. The molecule has 3 rings (SSSR count). The van der Waals surface area contributed by atoms with Gasteiger partial charge in [0, 0.05) is 6.42 Å². The molecule has 0 fully saturated rings. The van der Waals surface area contributed by atoms with Crippen molar-refractivity contribution in [2.45, 2.75) is 19.3 Å². The molecule has 2 aromatic rings. The van der Waals surface area contributed by atoms with Crippen LogP contribution in [0, 0.1) is 0 Å². The van der Waals surface area contributed by atoms with Gasteiger partial charge in [-0.3, -0.25) is 4.79 Å². The number of hydrogen-bond acceptors (Lipinski definition) is 1. The van der Waals surface area contributed by atoms with Crippen molar-refractivity contribution in [1.82, 2.24) is 0 Å². The minimum absolute atomic E-state index is 0.243. The molecule has 0 aliphatic heterocycles. The van der Waals surface area contributed by atoms with E-state index in [4.69, 9.17) is 0 Å². The lowest BCUT2D eigenvalue weighted by atomic mass is 9.91. The normalized spacial score (nSPS) is 14.5. The first-order valence-electron chi connectivity index (χ1n) is 7.39. The summed E-state index contributed by atoms with van der Waals surface area (Å²) in [7, 11) is 0. The Labute approximate surface area is 125 Å². The summed E-state index contributed by atoms with van der Waals surface area (Å²) in [5.41, 5.74) is 4.68. The first-order valence-corrected chi connectivity index (χ1v) is 7.39. The fourth-order valence-corrected chi connectivity index (χ4v) is 2.69. The lowest BCUT2D eigenvalue weighted by Gasteiger charge is -2.13. The summed E-state index contributed by atoms with van der Waals surface area (Å²) in [4.78, 5) is 11.6. The summed E-state index contributed by atoms with van der Waals surface area (Å²) in [6, 6.07) is 20.7. The van der Waals surface area contributed by atoms with Crippen LogP contribution < -0.4 is 0 Å². The van der Waals surface area contributed by atoms with Crippen molar-refractivity contribution in [2.75, 3.05) is 0 Å². The minimum Gasteiger partial charge on any atom is -0.295 e. The van der Waals surface area contributed by atoms with Gasteiger partial charge >= 0.3 is 0 Å². The third-order valence-electron chi connectivity index (χ3n) is 3.73. The molecule has 0 aromatic heterocycles. The SMILES string of the molecule is O=C1C=C(C=C(c2ccccc2)c2ccccc2)CCC1. The Morgan fingerprint density at radius 1 is 0.810 bits per heavy atom. The zero-order chi connectivity index (χ0) is 14.5. The highest BCUT2D eigenvalue weighted by Crippen LogP contribution is 2.27. The zero-order valence-corrected chi connectivity index (χ0v) is 12.0. The summed E-state index contributed by atoms with van der Waals surface area (Å²) >= 11 is 0. The minimum atomic E-state index is 0.243. The van der Waals surface area contributed by atoms with Crippen LogP contribution in [0.5, 0.6) is 0 Å². The molecule has 1 heteroatoms. The molecule has 1 nitrogen and oxygen atoms in total. The van der Waals surface area contributed by atoms with Gasteiger partial charge in [0.1, 0.15) is 0 Å². The average Bonchev–Trinajstić information content (AvgIpc) is 2.54. The van der Waals surface area contributed by atoms with E-state index in [1.165, 1.54) is 16.7 Å². The van der Waals surface area contributed by atoms with Crippen molar-refractivity contribution in [2.24, 2.45) is 0 Å². The summed E-state index contributed by atoms with van der Waals surface area (Å²) in [6.45, 7) is 0. The fourth-order valence-electron chi connectivity index (χ4n) is 2.69. The zero-order valence-electron chi connectivity index (χ0n) is 12.0. The quantitative estimate of drug-likeness (QED) is 0.786.